The zero-order chi connectivity index (χ0) is 17.5. The second kappa shape index (κ2) is 8.72. The number of fused-ring (bicyclic) bond motifs is 1. The Balaban J connectivity index is 1.76. The van der Waals surface area contributed by atoms with Crippen molar-refractivity contribution in [1.29, 1.82) is 0 Å². The lowest BCUT2D eigenvalue weighted by atomic mass is 10.1. The summed E-state index contributed by atoms with van der Waals surface area (Å²) >= 11 is 0. The maximum Gasteiger partial charge on any atom is 0.224 e. The SMILES string of the molecule is COCCNc1nc2c(c(NCC(C)n3cncn3)n1)CCNCC2. The molecule has 3 rings (SSSR count). The van der Waals surface area contributed by atoms with Crippen molar-refractivity contribution in [2.75, 3.05) is 50.5 Å². The first-order valence-electron chi connectivity index (χ1n) is 8.69. The van der Waals surface area contributed by atoms with E-state index in [0.717, 1.165) is 44.0 Å². The first-order chi connectivity index (χ1) is 12.3. The van der Waals surface area contributed by atoms with Gasteiger partial charge >= 0.3 is 0 Å². The lowest BCUT2D eigenvalue weighted by Gasteiger charge is -2.18. The number of nitrogens with one attached hydrogen (secondary N) is 3. The van der Waals surface area contributed by atoms with Crippen LogP contribution in [-0.2, 0) is 17.6 Å². The van der Waals surface area contributed by atoms with Crippen molar-refractivity contribution >= 4 is 11.8 Å². The predicted molar refractivity (Wildman–Crippen MR) is 95.9 cm³/mol. The van der Waals surface area contributed by atoms with Crippen LogP contribution >= 0.6 is 0 Å². The second-order valence-electron chi connectivity index (χ2n) is 6.10. The molecule has 1 aliphatic rings. The van der Waals surface area contributed by atoms with E-state index >= 15 is 0 Å². The van der Waals surface area contributed by atoms with Gasteiger partial charge in [-0.15, -0.1) is 0 Å². The second-order valence-corrected chi connectivity index (χ2v) is 6.10. The maximum atomic E-state index is 5.09. The number of anilines is 2. The topological polar surface area (TPSA) is 102 Å². The van der Waals surface area contributed by atoms with E-state index in [1.165, 1.54) is 5.56 Å². The van der Waals surface area contributed by atoms with Crippen LogP contribution in [0.3, 0.4) is 0 Å². The third kappa shape index (κ3) is 4.64. The molecule has 0 bridgehead atoms. The zero-order valence-corrected chi connectivity index (χ0v) is 14.8. The first kappa shape index (κ1) is 17.6. The van der Waals surface area contributed by atoms with Crippen LogP contribution in [0.15, 0.2) is 12.7 Å². The monoisotopic (exact) mass is 346 g/mol. The number of hydrogen-bond donors (Lipinski definition) is 3. The van der Waals surface area contributed by atoms with Crippen molar-refractivity contribution in [3.8, 4) is 0 Å². The largest absolute Gasteiger partial charge is 0.383 e. The molecule has 0 spiro atoms. The molecule has 1 atom stereocenters. The summed E-state index contributed by atoms with van der Waals surface area (Å²) in [5.41, 5.74) is 2.31. The van der Waals surface area contributed by atoms with Gasteiger partial charge in [0.1, 0.15) is 18.5 Å². The Morgan fingerprint density at radius 1 is 1.28 bits per heavy atom. The molecule has 3 heterocycles. The number of nitrogens with zero attached hydrogens (tertiary/aromatic N) is 5. The molecule has 136 valence electrons. The van der Waals surface area contributed by atoms with E-state index in [1.54, 1.807) is 19.8 Å². The summed E-state index contributed by atoms with van der Waals surface area (Å²) < 4.78 is 6.93. The van der Waals surface area contributed by atoms with Crippen LogP contribution < -0.4 is 16.0 Å². The minimum atomic E-state index is 0.182. The Hall–Kier alpha value is -2.26. The minimum Gasteiger partial charge on any atom is -0.383 e. The Labute approximate surface area is 147 Å². The molecule has 0 aromatic carbocycles. The summed E-state index contributed by atoms with van der Waals surface area (Å²) in [5.74, 6) is 1.55. The van der Waals surface area contributed by atoms with Crippen molar-refractivity contribution in [1.82, 2.24) is 30.0 Å². The molecular weight excluding hydrogens is 320 g/mol. The van der Waals surface area contributed by atoms with Gasteiger partial charge in [-0.1, -0.05) is 0 Å². The molecular formula is C16H26N8O. The fourth-order valence-corrected chi connectivity index (χ4v) is 2.82. The Bertz CT molecular complexity index is 660. The van der Waals surface area contributed by atoms with E-state index in [0.29, 0.717) is 19.1 Å². The van der Waals surface area contributed by atoms with Gasteiger partial charge in [0.25, 0.3) is 0 Å². The van der Waals surface area contributed by atoms with Crippen LogP contribution in [0.4, 0.5) is 11.8 Å². The number of hydrogen-bond acceptors (Lipinski definition) is 8. The fourth-order valence-electron chi connectivity index (χ4n) is 2.82. The number of rotatable bonds is 8. The normalized spacial score (nSPS) is 15.3. The highest BCUT2D eigenvalue weighted by molar-refractivity contribution is 5.51. The molecule has 2 aromatic rings. The Morgan fingerprint density at radius 3 is 2.96 bits per heavy atom. The minimum absolute atomic E-state index is 0.182. The average molecular weight is 346 g/mol. The third-order valence-corrected chi connectivity index (χ3v) is 4.23. The van der Waals surface area contributed by atoms with Crippen LogP contribution in [-0.4, -0.2) is 64.6 Å². The quantitative estimate of drug-likeness (QED) is 0.594. The van der Waals surface area contributed by atoms with Gasteiger partial charge in [0.15, 0.2) is 0 Å². The highest BCUT2D eigenvalue weighted by Crippen LogP contribution is 2.22. The zero-order valence-electron chi connectivity index (χ0n) is 14.8. The molecule has 9 nitrogen and oxygen atoms in total. The Morgan fingerprint density at radius 2 is 2.16 bits per heavy atom. The average Bonchev–Trinajstić information content (AvgIpc) is 3.05. The van der Waals surface area contributed by atoms with E-state index in [-0.39, 0.29) is 6.04 Å². The lowest BCUT2D eigenvalue weighted by Crippen LogP contribution is -2.20. The van der Waals surface area contributed by atoms with Crippen molar-refractivity contribution < 1.29 is 4.74 Å². The highest BCUT2D eigenvalue weighted by Gasteiger charge is 2.17. The van der Waals surface area contributed by atoms with Gasteiger partial charge in [0.05, 0.1) is 18.3 Å². The van der Waals surface area contributed by atoms with Gasteiger partial charge in [0, 0.05) is 38.7 Å². The number of methoxy groups -OCH3 is 1. The van der Waals surface area contributed by atoms with Crippen LogP contribution in [0.5, 0.6) is 0 Å². The molecule has 0 amide bonds. The molecule has 25 heavy (non-hydrogen) atoms. The van der Waals surface area contributed by atoms with Crippen molar-refractivity contribution in [3.05, 3.63) is 23.9 Å². The lowest BCUT2D eigenvalue weighted by molar-refractivity contribution is 0.210. The molecule has 0 saturated heterocycles. The standard InChI is InChI=1S/C16H26N8O/c1-12(24-11-18-10-21-24)9-20-15-13-3-5-17-6-4-14(13)22-16(23-15)19-7-8-25-2/h10-12,17H,3-9H2,1-2H3,(H2,19,20,22,23). The highest BCUT2D eigenvalue weighted by atomic mass is 16.5. The van der Waals surface area contributed by atoms with E-state index in [9.17, 15) is 0 Å². The third-order valence-electron chi connectivity index (χ3n) is 4.23. The molecule has 1 unspecified atom stereocenters. The van der Waals surface area contributed by atoms with Gasteiger partial charge in [-0.05, 0) is 19.9 Å². The molecule has 0 fully saturated rings. The molecule has 0 radical (unpaired) electrons. The molecule has 0 saturated carbocycles. The predicted octanol–water partition coefficient (Wildman–Crippen LogP) is 0.488. The summed E-state index contributed by atoms with van der Waals surface area (Å²) in [4.78, 5) is 13.4. The summed E-state index contributed by atoms with van der Waals surface area (Å²) in [6, 6.07) is 0.182. The van der Waals surface area contributed by atoms with Crippen molar-refractivity contribution in [2.24, 2.45) is 0 Å². The van der Waals surface area contributed by atoms with Crippen LogP contribution in [0, 0.1) is 0 Å². The number of ether oxygens (including phenoxy) is 1. The van der Waals surface area contributed by atoms with E-state index in [2.05, 4.69) is 33.0 Å². The van der Waals surface area contributed by atoms with Crippen LogP contribution in [0.1, 0.15) is 24.2 Å². The van der Waals surface area contributed by atoms with Crippen LogP contribution in [0.2, 0.25) is 0 Å². The van der Waals surface area contributed by atoms with Crippen molar-refractivity contribution in [3.63, 3.8) is 0 Å². The van der Waals surface area contributed by atoms with Gasteiger partial charge in [0.2, 0.25) is 5.95 Å². The van der Waals surface area contributed by atoms with Gasteiger partial charge < -0.3 is 20.7 Å². The molecule has 3 N–H and O–H groups in total. The molecule has 0 aliphatic carbocycles. The number of aromatic nitrogens is 5. The van der Waals surface area contributed by atoms with E-state index in [1.807, 2.05) is 4.68 Å². The van der Waals surface area contributed by atoms with Gasteiger partial charge in [-0.3, -0.25) is 0 Å². The molecule has 1 aliphatic heterocycles. The Kier molecular flexibility index (Phi) is 6.13. The van der Waals surface area contributed by atoms with E-state index in [4.69, 9.17) is 14.7 Å². The van der Waals surface area contributed by atoms with Crippen LogP contribution in [0.25, 0.3) is 0 Å². The fraction of sp³-hybridized carbons (Fsp3) is 0.625. The maximum absolute atomic E-state index is 5.09. The summed E-state index contributed by atoms with van der Waals surface area (Å²) in [6.45, 7) is 6.01. The summed E-state index contributed by atoms with van der Waals surface area (Å²) in [5, 5.41) is 14.3. The molecule has 2 aromatic heterocycles. The van der Waals surface area contributed by atoms with Gasteiger partial charge in [-0.2, -0.15) is 10.1 Å². The first-order valence-corrected chi connectivity index (χ1v) is 8.69. The summed E-state index contributed by atoms with van der Waals surface area (Å²) in [6.07, 6.45) is 5.11. The summed E-state index contributed by atoms with van der Waals surface area (Å²) in [7, 11) is 1.68. The smallest absolute Gasteiger partial charge is 0.224 e. The van der Waals surface area contributed by atoms with E-state index < -0.39 is 0 Å². The van der Waals surface area contributed by atoms with Gasteiger partial charge in [-0.25, -0.2) is 14.6 Å². The molecule has 9 heteroatoms. The van der Waals surface area contributed by atoms with Crippen molar-refractivity contribution in [2.45, 2.75) is 25.8 Å².